The summed E-state index contributed by atoms with van der Waals surface area (Å²) in [5.74, 6) is 0.821. The first-order valence-corrected chi connectivity index (χ1v) is 4.97. The lowest BCUT2D eigenvalue weighted by atomic mass is 10.2. The van der Waals surface area contributed by atoms with Gasteiger partial charge in [-0.15, -0.1) is 0 Å². The second-order valence-corrected chi connectivity index (χ2v) is 3.83. The second kappa shape index (κ2) is 3.67. The molecule has 14 heavy (non-hydrogen) atoms. The molecule has 2 aromatic rings. The number of nitrogen functional groups attached to an aromatic ring is 1. The highest BCUT2D eigenvalue weighted by Crippen LogP contribution is 2.33. The summed E-state index contributed by atoms with van der Waals surface area (Å²) in [6.07, 6.45) is 1.66. The minimum absolute atomic E-state index is 0.714. The first-order valence-electron chi connectivity index (χ1n) is 4.16. The van der Waals surface area contributed by atoms with Gasteiger partial charge in [-0.25, -0.2) is 4.98 Å². The fraction of sp³-hybridized carbons (Fsp3) is 0.100. The number of rotatable bonds is 2. The summed E-state index contributed by atoms with van der Waals surface area (Å²) in [5, 5.41) is 1.60. The van der Waals surface area contributed by atoms with Gasteiger partial charge >= 0.3 is 0 Å². The zero-order valence-corrected chi connectivity index (χ0v) is 8.54. The van der Waals surface area contributed by atoms with Gasteiger partial charge in [0.2, 0.25) is 0 Å². The van der Waals surface area contributed by atoms with Gasteiger partial charge in [0, 0.05) is 0 Å². The predicted octanol–water partition coefficient (Wildman–Crippen LogP) is 2.40. The Hall–Kier alpha value is -1.55. The van der Waals surface area contributed by atoms with E-state index in [1.165, 1.54) is 11.3 Å². The summed E-state index contributed by atoms with van der Waals surface area (Å²) in [6, 6.07) is 7.76. The van der Waals surface area contributed by atoms with Crippen LogP contribution in [0.25, 0.3) is 10.6 Å². The van der Waals surface area contributed by atoms with E-state index in [0.29, 0.717) is 5.00 Å². The van der Waals surface area contributed by atoms with Crippen LogP contribution in [0.3, 0.4) is 0 Å². The lowest BCUT2D eigenvalue weighted by Gasteiger charge is -2.04. The van der Waals surface area contributed by atoms with Gasteiger partial charge in [0.05, 0.1) is 18.9 Å². The Balaban J connectivity index is 2.50. The van der Waals surface area contributed by atoms with Gasteiger partial charge in [0.25, 0.3) is 0 Å². The summed E-state index contributed by atoms with van der Waals surface area (Å²) in [4.78, 5) is 4.21. The maximum atomic E-state index is 5.62. The minimum atomic E-state index is 0.714. The Kier molecular flexibility index (Phi) is 2.37. The number of hydrogen-bond acceptors (Lipinski definition) is 4. The lowest BCUT2D eigenvalue weighted by Crippen LogP contribution is -1.86. The van der Waals surface area contributed by atoms with Crippen LogP contribution in [0.2, 0.25) is 0 Å². The fourth-order valence-electron chi connectivity index (χ4n) is 1.23. The van der Waals surface area contributed by atoms with Crippen LogP contribution in [0.15, 0.2) is 30.5 Å². The molecule has 0 saturated heterocycles. The highest BCUT2D eigenvalue weighted by molar-refractivity contribution is 7.18. The molecule has 0 aliphatic carbocycles. The van der Waals surface area contributed by atoms with Crippen molar-refractivity contribution in [2.75, 3.05) is 12.8 Å². The Labute approximate surface area is 86.2 Å². The number of hydrogen-bond donors (Lipinski definition) is 1. The largest absolute Gasteiger partial charge is 0.496 e. The number of para-hydroxylation sites is 1. The molecule has 0 spiro atoms. The molecular weight excluding hydrogens is 196 g/mol. The molecule has 0 radical (unpaired) electrons. The SMILES string of the molecule is COc1ccccc1-c1ncc(N)s1. The molecule has 3 nitrogen and oxygen atoms in total. The number of methoxy groups -OCH3 is 1. The van der Waals surface area contributed by atoms with Gasteiger partial charge in [-0.2, -0.15) is 0 Å². The third-order valence-corrected chi connectivity index (χ3v) is 2.72. The van der Waals surface area contributed by atoms with Crippen LogP contribution in [-0.2, 0) is 0 Å². The van der Waals surface area contributed by atoms with E-state index in [1.54, 1.807) is 13.3 Å². The van der Waals surface area contributed by atoms with Gasteiger partial charge in [-0.3, -0.25) is 0 Å². The van der Waals surface area contributed by atoms with Gasteiger partial charge in [-0.1, -0.05) is 23.5 Å². The summed E-state index contributed by atoms with van der Waals surface area (Å²) in [6.45, 7) is 0. The third-order valence-electron chi connectivity index (χ3n) is 1.86. The number of thiazole rings is 1. The van der Waals surface area contributed by atoms with Crippen LogP contribution < -0.4 is 10.5 Å². The van der Waals surface area contributed by atoms with Crippen LogP contribution in [0, 0.1) is 0 Å². The number of benzene rings is 1. The van der Waals surface area contributed by atoms with E-state index in [0.717, 1.165) is 16.3 Å². The van der Waals surface area contributed by atoms with Crippen molar-refractivity contribution in [3.05, 3.63) is 30.5 Å². The molecule has 4 heteroatoms. The molecule has 1 heterocycles. The molecular formula is C10H10N2OS. The highest BCUT2D eigenvalue weighted by atomic mass is 32.1. The summed E-state index contributed by atoms with van der Waals surface area (Å²) in [7, 11) is 1.65. The van der Waals surface area contributed by atoms with Crippen molar-refractivity contribution < 1.29 is 4.74 Å². The number of aromatic nitrogens is 1. The quantitative estimate of drug-likeness (QED) is 0.820. The van der Waals surface area contributed by atoms with Crippen molar-refractivity contribution in [1.29, 1.82) is 0 Å². The van der Waals surface area contributed by atoms with Crippen molar-refractivity contribution in [1.82, 2.24) is 4.98 Å². The molecule has 0 amide bonds. The monoisotopic (exact) mass is 206 g/mol. The molecule has 0 unspecified atom stereocenters. The normalized spacial score (nSPS) is 10.1. The van der Waals surface area contributed by atoms with Crippen molar-refractivity contribution in [2.45, 2.75) is 0 Å². The maximum Gasteiger partial charge on any atom is 0.129 e. The van der Waals surface area contributed by atoms with Crippen molar-refractivity contribution >= 4 is 16.3 Å². The Morgan fingerprint density at radius 1 is 1.36 bits per heavy atom. The molecule has 0 aliphatic rings. The molecule has 0 aliphatic heterocycles. The van der Waals surface area contributed by atoms with Gasteiger partial charge in [0.1, 0.15) is 15.8 Å². The molecule has 0 saturated carbocycles. The molecule has 2 N–H and O–H groups in total. The molecule has 0 atom stereocenters. The maximum absolute atomic E-state index is 5.62. The number of nitrogens with two attached hydrogens (primary N) is 1. The number of ether oxygens (including phenoxy) is 1. The standard InChI is InChI=1S/C10H10N2OS/c1-13-8-5-3-2-4-7(8)10-12-6-9(11)14-10/h2-6H,11H2,1H3. The van der Waals surface area contributed by atoms with E-state index in [1.807, 2.05) is 24.3 Å². The number of nitrogens with zero attached hydrogens (tertiary/aromatic N) is 1. The van der Waals surface area contributed by atoms with Gasteiger partial charge < -0.3 is 10.5 Å². The van der Waals surface area contributed by atoms with Crippen LogP contribution in [-0.4, -0.2) is 12.1 Å². The lowest BCUT2D eigenvalue weighted by molar-refractivity contribution is 0.416. The molecule has 2 rings (SSSR count). The highest BCUT2D eigenvalue weighted by Gasteiger charge is 2.07. The van der Waals surface area contributed by atoms with E-state index in [9.17, 15) is 0 Å². The predicted molar refractivity (Wildman–Crippen MR) is 58.5 cm³/mol. The summed E-state index contributed by atoms with van der Waals surface area (Å²) in [5.41, 5.74) is 6.61. The Morgan fingerprint density at radius 2 is 2.14 bits per heavy atom. The average molecular weight is 206 g/mol. The summed E-state index contributed by atoms with van der Waals surface area (Å²) >= 11 is 1.46. The molecule has 72 valence electrons. The first kappa shape index (κ1) is 9.02. The second-order valence-electron chi connectivity index (χ2n) is 2.77. The minimum Gasteiger partial charge on any atom is -0.496 e. The Bertz CT molecular complexity index is 439. The van der Waals surface area contributed by atoms with E-state index < -0.39 is 0 Å². The molecule has 1 aromatic carbocycles. The van der Waals surface area contributed by atoms with E-state index in [-0.39, 0.29) is 0 Å². The smallest absolute Gasteiger partial charge is 0.129 e. The van der Waals surface area contributed by atoms with E-state index in [4.69, 9.17) is 10.5 Å². The average Bonchev–Trinajstić information content (AvgIpc) is 2.65. The van der Waals surface area contributed by atoms with Crippen molar-refractivity contribution in [2.24, 2.45) is 0 Å². The fourth-order valence-corrected chi connectivity index (χ4v) is 1.95. The topological polar surface area (TPSA) is 48.1 Å². The first-order chi connectivity index (χ1) is 6.81. The molecule has 0 fully saturated rings. The van der Waals surface area contributed by atoms with Gasteiger partial charge in [0.15, 0.2) is 0 Å². The van der Waals surface area contributed by atoms with Crippen molar-refractivity contribution in [3.63, 3.8) is 0 Å². The van der Waals surface area contributed by atoms with E-state index >= 15 is 0 Å². The van der Waals surface area contributed by atoms with Crippen molar-refractivity contribution in [3.8, 4) is 16.3 Å². The van der Waals surface area contributed by atoms with Gasteiger partial charge in [-0.05, 0) is 12.1 Å². The summed E-state index contributed by atoms with van der Waals surface area (Å²) < 4.78 is 5.23. The molecule has 0 bridgehead atoms. The zero-order chi connectivity index (χ0) is 9.97. The zero-order valence-electron chi connectivity index (χ0n) is 7.73. The number of anilines is 1. The van der Waals surface area contributed by atoms with Crippen LogP contribution in [0.4, 0.5) is 5.00 Å². The van der Waals surface area contributed by atoms with Crippen LogP contribution >= 0.6 is 11.3 Å². The Morgan fingerprint density at radius 3 is 2.79 bits per heavy atom. The molecule has 1 aromatic heterocycles. The van der Waals surface area contributed by atoms with Crippen LogP contribution in [0.1, 0.15) is 0 Å². The third kappa shape index (κ3) is 1.56. The van der Waals surface area contributed by atoms with Crippen LogP contribution in [0.5, 0.6) is 5.75 Å². The van der Waals surface area contributed by atoms with E-state index in [2.05, 4.69) is 4.98 Å².